The maximum Gasteiger partial charge on any atom is 0.220 e. The first-order chi connectivity index (χ1) is 33.7. The standard InChI is InChI=1S/C60H30N6S2/c1-62-55-48(33-14-4-2-5-15-33)42(32-61)56(49(34-16-6-3-7-17-34)58(55)65-43-22-12-20-39-50(43)51-40(21-13-23-44(51)65)54-53(39)63-30-31-64-54)66-45-29-28-37-35-18-8-10-24-46(35)67-59(37)52(45)41-27-26-38-36-19-9-11-25-47(36)68-60(38)57(41)66/h2-31H. The summed E-state index contributed by atoms with van der Waals surface area (Å²) in [6.07, 6.45) is 3.52. The van der Waals surface area contributed by atoms with Crippen molar-refractivity contribution in [3.05, 3.63) is 199 Å². The quantitative estimate of drug-likeness (QED) is 0.131. The van der Waals surface area contributed by atoms with E-state index in [1.807, 2.05) is 47.7 Å². The van der Waals surface area contributed by atoms with Crippen LogP contribution in [0.3, 0.4) is 0 Å². The van der Waals surface area contributed by atoms with Crippen LogP contribution in [0.15, 0.2) is 182 Å². The highest BCUT2D eigenvalue weighted by Crippen LogP contribution is 2.55. The van der Waals surface area contributed by atoms with Crippen molar-refractivity contribution in [1.82, 2.24) is 19.1 Å². The van der Waals surface area contributed by atoms with Crippen LogP contribution in [0.2, 0.25) is 0 Å². The van der Waals surface area contributed by atoms with E-state index in [2.05, 4.69) is 154 Å². The number of hydrogen-bond donors (Lipinski definition) is 0. The van der Waals surface area contributed by atoms with Gasteiger partial charge in [0.1, 0.15) is 6.07 Å². The zero-order valence-corrected chi connectivity index (χ0v) is 37.5. The Balaban J connectivity index is 1.25. The van der Waals surface area contributed by atoms with Crippen molar-refractivity contribution in [2.45, 2.75) is 0 Å². The molecule has 0 atom stereocenters. The third-order valence-electron chi connectivity index (χ3n) is 14.0. The smallest absolute Gasteiger partial charge is 0.220 e. The van der Waals surface area contributed by atoms with Crippen molar-refractivity contribution >= 4 is 134 Å². The minimum Gasteiger partial charge on any atom is -0.318 e. The van der Waals surface area contributed by atoms with Crippen molar-refractivity contribution in [2.75, 3.05) is 0 Å². The monoisotopic (exact) mass is 898 g/mol. The lowest BCUT2D eigenvalue weighted by Crippen LogP contribution is -2.08. The first kappa shape index (κ1) is 37.3. The van der Waals surface area contributed by atoms with Crippen LogP contribution in [0.25, 0.3) is 144 Å². The second-order valence-electron chi connectivity index (χ2n) is 17.3. The molecule has 0 bridgehead atoms. The van der Waals surface area contributed by atoms with Crippen molar-refractivity contribution < 1.29 is 0 Å². The molecule has 0 N–H and O–H groups in total. The van der Waals surface area contributed by atoms with Gasteiger partial charge in [-0.05, 0) is 41.5 Å². The zero-order chi connectivity index (χ0) is 44.8. The number of rotatable bonds is 4. The first-order valence-corrected chi connectivity index (χ1v) is 24.0. The molecule has 0 aliphatic heterocycles. The topological polar surface area (TPSA) is 63.8 Å². The van der Waals surface area contributed by atoms with Gasteiger partial charge < -0.3 is 9.13 Å². The fourth-order valence-electron chi connectivity index (χ4n) is 11.4. The lowest BCUT2D eigenvalue weighted by atomic mass is 9.88. The van der Waals surface area contributed by atoms with Crippen LogP contribution in [0.5, 0.6) is 0 Å². The Bertz CT molecular complexity index is 4670. The average molecular weight is 899 g/mol. The van der Waals surface area contributed by atoms with Crippen LogP contribution in [-0.2, 0) is 0 Å². The largest absolute Gasteiger partial charge is 0.318 e. The Morgan fingerprint density at radius 1 is 0.456 bits per heavy atom. The summed E-state index contributed by atoms with van der Waals surface area (Å²) in [6, 6.07) is 62.4. The summed E-state index contributed by atoms with van der Waals surface area (Å²) in [6.45, 7) is 9.33. The van der Waals surface area contributed by atoms with Gasteiger partial charge in [-0.15, -0.1) is 22.7 Å². The molecule has 15 aromatic rings. The fraction of sp³-hybridized carbons (Fsp3) is 0. The number of nitrogens with zero attached hydrogens (tertiary/aromatic N) is 6. The summed E-state index contributed by atoms with van der Waals surface area (Å²) < 4.78 is 9.46. The molecule has 0 aliphatic carbocycles. The Labute approximate surface area is 395 Å². The predicted molar refractivity (Wildman–Crippen MR) is 285 cm³/mol. The van der Waals surface area contributed by atoms with Crippen molar-refractivity contribution in [3.8, 4) is 39.7 Å². The number of thiophene rings is 2. The molecule has 0 saturated heterocycles. The van der Waals surface area contributed by atoms with E-state index in [0.717, 1.165) is 92.5 Å². The highest BCUT2D eigenvalue weighted by molar-refractivity contribution is 7.27. The molecule has 0 unspecified atom stereocenters. The van der Waals surface area contributed by atoms with Gasteiger partial charge in [-0.25, -0.2) is 4.85 Å². The van der Waals surface area contributed by atoms with Crippen molar-refractivity contribution in [2.24, 2.45) is 0 Å². The number of nitriles is 1. The summed E-state index contributed by atoms with van der Waals surface area (Å²) in [4.78, 5) is 14.4. The molecule has 5 aromatic heterocycles. The lowest BCUT2D eigenvalue weighted by Gasteiger charge is -2.25. The Morgan fingerprint density at radius 2 is 0.971 bits per heavy atom. The third-order valence-corrected chi connectivity index (χ3v) is 16.4. The van der Waals surface area contributed by atoms with Gasteiger partial charge in [0.05, 0.1) is 61.3 Å². The van der Waals surface area contributed by atoms with Crippen LogP contribution in [0, 0.1) is 17.9 Å². The molecule has 0 spiro atoms. The number of aromatic nitrogens is 4. The molecule has 68 heavy (non-hydrogen) atoms. The van der Waals surface area contributed by atoms with E-state index in [4.69, 9.17) is 9.97 Å². The van der Waals surface area contributed by atoms with Gasteiger partial charge in [0.2, 0.25) is 5.69 Å². The Hall–Kier alpha value is -8.92. The van der Waals surface area contributed by atoms with E-state index in [1.165, 1.54) is 35.6 Å². The lowest BCUT2D eigenvalue weighted by molar-refractivity contribution is 1.14. The van der Waals surface area contributed by atoms with Crippen LogP contribution < -0.4 is 0 Å². The molecule has 10 aromatic carbocycles. The summed E-state index contributed by atoms with van der Waals surface area (Å²) in [7, 11) is 0. The maximum atomic E-state index is 12.1. The van der Waals surface area contributed by atoms with Crippen molar-refractivity contribution in [3.63, 3.8) is 0 Å². The molecule has 5 heterocycles. The molecule has 0 radical (unpaired) electrons. The molecule has 0 fully saturated rings. The van der Waals surface area contributed by atoms with Gasteiger partial charge in [0.25, 0.3) is 0 Å². The first-order valence-electron chi connectivity index (χ1n) is 22.4. The summed E-state index contributed by atoms with van der Waals surface area (Å²) in [5.41, 5.74) is 10.9. The average Bonchev–Trinajstić information content (AvgIpc) is 4.16. The molecule has 6 nitrogen and oxygen atoms in total. The molecule has 312 valence electrons. The van der Waals surface area contributed by atoms with E-state index >= 15 is 0 Å². The molecule has 0 aliphatic rings. The summed E-state index contributed by atoms with van der Waals surface area (Å²) in [5.74, 6) is 0. The van der Waals surface area contributed by atoms with Crippen LogP contribution in [-0.4, -0.2) is 19.1 Å². The van der Waals surface area contributed by atoms with E-state index in [9.17, 15) is 11.8 Å². The van der Waals surface area contributed by atoms with Gasteiger partial charge in [-0.1, -0.05) is 140 Å². The minimum absolute atomic E-state index is 0.401. The van der Waals surface area contributed by atoms with Gasteiger partial charge >= 0.3 is 0 Å². The third kappa shape index (κ3) is 4.77. The van der Waals surface area contributed by atoms with E-state index in [1.54, 1.807) is 23.7 Å². The van der Waals surface area contributed by atoms with E-state index in [-0.39, 0.29) is 0 Å². The van der Waals surface area contributed by atoms with Crippen molar-refractivity contribution in [1.29, 1.82) is 5.26 Å². The summed E-state index contributed by atoms with van der Waals surface area (Å²) in [5, 5.41) is 23.2. The molecular weight excluding hydrogens is 869 g/mol. The second-order valence-corrected chi connectivity index (χ2v) is 19.4. The molecule has 15 rings (SSSR count). The SMILES string of the molecule is [C-]#[N+]c1c(-c2ccccc2)c(C#N)c(-n2c3ccc4c5ccccc5sc4c3c3ccc4c5ccccc5sc4c32)c(-c2ccccc2)c1-n1c2cccc3c4nccnc4c4cccc1c4c32. The molecular formula is C60H30N6S2. The highest BCUT2D eigenvalue weighted by Gasteiger charge is 2.33. The van der Waals surface area contributed by atoms with E-state index < -0.39 is 0 Å². The number of hydrogen-bond acceptors (Lipinski definition) is 5. The zero-order valence-electron chi connectivity index (χ0n) is 35.8. The van der Waals surface area contributed by atoms with Crippen LogP contribution in [0.1, 0.15) is 5.56 Å². The minimum atomic E-state index is 0.401. The highest BCUT2D eigenvalue weighted by atomic mass is 32.1. The van der Waals surface area contributed by atoms with Gasteiger partial charge in [-0.2, -0.15) is 5.26 Å². The number of benzene rings is 10. The van der Waals surface area contributed by atoms with Gasteiger partial charge in [0.15, 0.2) is 0 Å². The van der Waals surface area contributed by atoms with Crippen LogP contribution >= 0.6 is 22.7 Å². The van der Waals surface area contributed by atoms with E-state index in [0.29, 0.717) is 22.5 Å². The fourth-order valence-corrected chi connectivity index (χ4v) is 13.9. The van der Waals surface area contributed by atoms with Gasteiger partial charge in [0, 0.05) is 91.5 Å². The molecule has 0 saturated carbocycles. The van der Waals surface area contributed by atoms with Gasteiger partial charge in [-0.3, -0.25) is 9.97 Å². The maximum absolute atomic E-state index is 12.1. The molecule has 8 heteroatoms. The Kier molecular flexibility index (Phi) is 7.58. The number of fused-ring (bicyclic) bond motifs is 14. The Morgan fingerprint density at radius 3 is 1.59 bits per heavy atom. The normalized spacial score (nSPS) is 12.1. The second kappa shape index (κ2) is 13.8. The predicted octanol–water partition coefficient (Wildman–Crippen LogP) is 16.9. The summed E-state index contributed by atoms with van der Waals surface area (Å²) >= 11 is 3.61. The van der Waals surface area contributed by atoms with Crippen LogP contribution in [0.4, 0.5) is 5.69 Å². The molecule has 0 amide bonds.